The van der Waals surface area contributed by atoms with Crippen molar-refractivity contribution in [2.45, 2.75) is 50.7 Å². The first kappa shape index (κ1) is 16.9. The fraction of sp³-hybridized carbons (Fsp3) is 0.812. The first-order valence-electron chi connectivity index (χ1n) is 8.40. The lowest BCUT2D eigenvalue weighted by Crippen LogP contribution is -2.51. The van der Waals surface area contributed by atoms with Crippen LogP contribution in [0, 0.1) is 11.3 Å². The molecule has 1 aromatic heterocycles. The van der Waals surface area contributed by atoms with Gasteiger partial charge in [-0.25, -0.2) is 13.4 Å². The molecule has 2 aliphatic rings. The normalized spacial score (nSPS) is 22.6. The lowest BCUT2D eigenvalue weighted by Gasteiger charge is -2.51. The predicted octanol–water partition coefficient (Wildman–Crippen LogP) is 2.03. The molecule has 0 bridgehead atoms. The lowest BCUT2D eigenvalue weighted by molar-refractivity contribution is -0.104. The molecule has 7 heteroatoms. The zero-order valence-electron chi connectivity index (χ0n) is 14.2. The Bertz CT molecular complexity index is 637. The second kappa shape index (κ2) is 6.18. The van der Waals surface area contributed by atoms with Crippen molar-refractivity contribution in [3.05, 3.63) is 12.5 Å². The molecule has 1 aromatic rings. The first-order chi connectivity index (χ1) is 10.8. The lowest BCUT2D eigenvalue weighted by atomic mass is 9.62. The van der Waals surface area contributed by atoms with Crippen LogP contribution < -0.4 is 0 Å². The average molecular weight is 341 g/mol. The molecule has 2 heterocycles. The van der Waals surface area contributed by atoms with Gasteiger partial charge in [-0.15, -0.1) is 0 Å². The second-order valence-corrected chi connectivity index (χ2v) is 9.42. The van der Waals surface area contributed by atoms with Crippen LogP contribution in [-0.2, 0) is 21.8 Å². The van der Waals surface area contributed by atoms with E-state index in [4.69, 9.17) is 4.74 Å². The number of sulfonamides is 1. The third-order valence-corrected chi connectivity index (χ3v) is 6.84. The third-order valence-electron chi connectivity index (χ3n) is 5.06. The van der Waals surface area contributed by atoms with Gasteiger partial charge in [0.15, 0.2) is 5.03 Å². The van der Waals surface area contributed by atoms with Gasteiger partial charge in [-0.05, 0) is 37.0 Å². The number of piperidine rings is 1. The van der Waals surface area contributed by atoms with Crippen molar-refractivity contribution >= 4 is 10.0 Å². The summed E-state index contributed by atoms with van der Waals surface area (Å²) in [5.41, 5.74) is 0.303. The van der Waals surface area contributed by atoms with E-state index >= 15 is 0 Å². The highest BCUT2D eigenvalue weighted by Gasteiger charge is 2.48. The van der Waals surface area contributed by atoms with Crippen LogP contribution in [0.5, 0.6) is 0 Å². The molecule has 1 aliphatic carbocycles. The van der Waals surface area contributed by atoms with Crippen molar-refractivity contribution in [3.63, 3.8) is 0 Å². The topological polar surface area (TPSA) is 64.4 Å². The minimum atomic E-state index is -3.44. The van der Waals surface area contributed by atoms with Gasteiger partial charge in [0.2, 0.25) is 0 Å². The predicted molar refractivity (Wildman–Crippen MR) is 87.4 cm³/mol. The van der Waals surface area contributed by atoms with Crippen molar-refractivity contribution in [1.29, 1.82) is 0 Å². The van der Waals surface area contributed by atoms with Crippen molar-refractivity contribution in [3.8, 4) is 0 Å². The molecular formula is C16H27N3O3S. The van der Waals surface area contributed by atoms with E-state index in [2.05, 4.69) is 18.8 Å². The number of nitrogens with zero attached hydrogens (tertiary/aromatic N) is 3. The summed E-state index contributed by atoms with van der Waals surface area (Å²) in [6.45, 7) is 6.33. The SMILES string of the molecule is CC(C)COC1CC2(CCN(S(=O)(=O)c3cn(C)cn3)CC2)C1. The largest absolute Gasteiger partial charge is 0.378 e. The molecule has 23 heavy (non-hydrogen) atoms. The average Bonchev–Trinajstić information content (AvgIpc) is 2.90. The number of ether oxygens (including phenoxy) is 1. The zero-order valence-corrected chi connectivity index (χ0v) is 15.1. The minimum absolute atomic E-state index is 0.155. The molecule has 130 valence electrons. The summed E-state index contributed by atoms with van der Waals surface area (Å²) in [7, 11) is -1.66. The molecule has 0 N–H and O–H groups in total. The Hall–Kier alpha value is -0.920. The van der Waals surface area contributed by atoms with E-state index in [1.807, 2.05) is 0 Å². The summed E-state index contributed by atoms with van der Waals surface area (Å²) < 4.78 is 34.3. The Morgan fingerprint density at radius 1 is 1.35 bits per heavy atom. The molecule has 2 fully saturated rings. The molecule has 0 atom stereocenters. The van der Waals surface area contributed by atoms with Gasteiger partial charge in [-0.1, -0.05) is 13.8 Å². The van der Waals surface area contributed by atoms with Crippen LogP contribution >= 0.6 is 0 Å². The molecule has 1 aliphatic heterocycles. The Kier molecular flexibility index (Phi) is 4.55. The summed E-state index contributed by atoms with van der Waals surface area (Å²) in [4.78, 5) is 4.00. The molecule has 0 amide bonds. The quantitative estimate of drug-likeness (QED) is 0.822. The Morgan fingerprint density at radius 3 is 2.52 bits per heavy atom. The minimum Gasteiger partial charge on any atom is -0.378 e. The van der Waals surface area contributed by atoms with Gasteiger partial charge in [0.1, 0.15) is 0 Å². The fourth-order valence-electron chi connectivity index (χ4n) is 3.62. The molecule has 1 saturated carbocycles. The summed E-state index contributed by atoms with van der Waals surface area (Å²) in [5, 5.41) is 0.155. The highest BCUT2D eigenvalue weighted by Crippen LogP contribution is 2.50. The van der Waals surface area contributed by atoms with E-state index in [1.165, 1.54) is 6.33 Å². The number of aryl methyl sites for hydroxylation is 1. The monoisotopic (exact) mass is 341 g/mol. The smallest absolute Gasteiger partial charge is 0.262 e. The zero-order chi connectivity index (χ0) is 16.7. The van der Waals surface area contributed by atoms with Gasteiger partial charge in [0.25, 0.3) is 10.0 Å². The standard InChI is InChI=1S/C16H27N3O3S/c1-13(2)11-22-14-8-16(9-14)4-6-19(7-5-16)23(20,21)15-10-18(3)12-17-15/h10,12-14H,4-9,11H2,1-3H3. The Labute approximate surface area is 138 Å². The van der Waals surface area contributed by atoms with Crippen LogP contribution in [0.1, 0.15) is 39.5 Å². The Morgan fingerprint density at radius 2 is 2.00 bits per heavy atom. The van der Waals surface area contributed by atoms with Crippen LogP contribution in [0.25, 0.3) is 0 Å². The van der Waals surface area contributed by atoms with E-state index < -0.39 is 10.0 Å². The van der Waals surface area contributed by atoms with E-state index in [9.17, 15) is 8.42 Å². The Balaban J connectivity index is 1.54. The van der Waals surface area contributed by atoms with Crippen molar-refractivity contribution in [2.24, 2.45) is 18.4 Å². The third kappa shape index (κ3) is 3.46. The molecule has 1 saturated heterocycles. The van der Waals surface area contributed by atoms with E-state index in [0.717, 1.165) is 32.3 Å². The van der Waals surface area contributed by atoms with Crippen LogP contribution in [0.4, 0.5) is 0 Å². The van der Waals surface area contributed by atoms with Crippen molar-refractivity contribution < 1.29 is 13.2 Å². The van der Waals surface area contributed by atoms with Crippen LogP contribution in [-0.4, -0.2) is 48.1 Å². The maximum atomic E-state index is 12.6. The van der Waals surface area contributed by atoms with E-state index in [-0.39, 0.29) is 5.03 Å². The summed E-state index contributed by atoms with van der Waals surface area (Å²) in [5.74, 6) is 0.567. The van der Waals surface area contributed by atoms with Crippen LogP contribution in [0.15, 0.2) is 17.6 Å². The highest BCUT2D eigenvalue weighted by molar-refractivity contribution is 7.89. The van der Waals surface area contributed by atoms with Gasteiger partial charge in [0.05, 0.1) is 12.4 Å². The van der Waals surface area contributed by atoms with Crippen molar-refractivity contribution in [2.75, 3.05) is 19.7 Å². The van der Waals surface area contributed by atoms with Gasteiger partial charge in [-0.3, -0.25) is 0 Å². The van der Waals surface area contributed by atoms with E-state index in [1.54, 1.807) is 22.1 Å². The van der Waals surface area contributed by atoms with Gasteiger partial charge < -0.3 is 9.30 Å². The number of imidazole rings is 1. The molecule has 6 nitrogen and oxygen atoms in total. The van der Waals surface area contributed by atoms with Crippen molar-refractivity contribution in [1.82, 2.24) is 13.9 Å². The van der Waals surface area contributed by atoms with Crippen LogP contribution in [0.2, 0.25) is 0 Å². The van der Waals surface area contributed by atoms with Crippen LogP contribution in [0.3, 0.4) is 0 Å². The number of rotatable bonds is 5. The molecule has 0 unspecified atom stereocenters. The number of hydrogen-bond acceptors (Lipinski definition) is 4. The highest BCUT2D eigenvalue weighted by atomic mass is 32.2. The molecule has 3 rings (SSSR count). The maximum absolute atomic E-state index is 12.6. The van der Waals surface area contributed by atoms with Gasteiger partial charge in [-0.2, -0.15) is 4.31 Å². The number of hydrogen-bond donors (Lipinski definition) is 0. The summed E-state index contributed by atoms with van der Waals surface area (Å²) in [6.07, 6.45) is 7.49. The van der Waals surface area contributed by atoms with Gasteiger partial charge >= 0.3 is 0 Å². The maximum Gasteiger partial charge on any atom is 0.262 e. The molecule has 0 radical (unpaired) electrons. The molecule has 0 aromatic carbocycles. The molecule has 1 spiro atoms. The second-order valence-electron chi connectivity index (χ2n) is 7.54. The van der Waals surface area contributed by atoms with Gasteiger partial charge in [0, 0.05) is 32.9 Å². The number of aromatic nitrogens is 2. The summed E-state index contributed by atoms with van der Waals surface area (Å²) >= 11 is 0. The first-order valence-corrected chi connectivity index (χ1v) is 9.84. The summed E-state index contributed by atoms with van der Waals surface area (Å²) in [6, 6.07) is 0. The van der Waals surface area contributed by atoms with E-state index in [0.29, 0.717) is 30.5 Å². The fourth-order valence-corrected chi connectivity index (χ4v) is 5.02. The molecular weight excluding hydrogens is 314 g/mol.